The summed E-state index contributed by atoms with van der Waals surface area (Å²) in [5.41, 5.74) is -0.585. The summed E-state index contributed by atoms with van der Waals surface area (Å²) in [6, 6.07) is 8.48. The first-order valence-electron chi connectivity index (χ1n) is 9.99. The van der Waals surface area contributed by atoms with E-state index < -0.39 is 11.7 Å². The van der Waals surface area contributed by atoms with E-state index in [4.69, 9.17) is 4.74 Å². The normalized spacial score (nSPS) is 19.6. The molecule has 0 radical (unpaired) electrons. The van der Waals surface area contributed by atoms with Crippen molar-refractivity contribution in [1.82, 2.24) is 19.7 Å². The molecule has 0 spiro atoms. The number of thiophene rings is 1. The summed E-state index contributed by atoms with van der Waals surface area (Å²) >= 11 is 1.38. The van der Waals surface area contributed by atoms with Crippen molar-refractivity contribution >= 4 is 17.2 Å². The van der Waals surface area contributed by atoms with Gasteiger partial charge in [0.2, 0.25) is 5.82 Å². The van der Waals surface area contributed by atoms with Crippen LogP contribution in [0.5, 0.6) is 0 Å². The standard InChI is InChI=1S/C21H19F3N4O2S/c22-21(23,24)14-3-1-4-15(11-14)28-19(17-5-2-10-31-17)25-18(26-28)20(29)27-8-9-30-12-16(27)13-6-7-13/h1-5,10-11,13,16H,6-9,12H2. The van der Waals surface area contributed by atoms with Gasteiger partial charge in [0.25, 0.3) is 5.91 Å². The first-order valence-corrected chi connectivity index (χ1v) is 10.9. The van der Waals surface area contributed by atoms with E-state index in [2.05, 4.69) is 10.1 Å². The molecule has 0 bridgehead atoms. The molecular formula is C21H19F3N4O2S. The van der Waals surface area contributed by atoms with E-state index in [9.17, 15) is 18.0 Å². The van der Waals surface area contributed by atoms with Crippen LogP contribution in [0.3, 0.4) is 0 Å². The van der Waals surface area contributed by atoms with Crippen molar-refractivity contribution in [3.63, 3.8) is 0 Å². The summed E-state index contributed by atoms with van der Waals surface area (Å²) in [5.74, 6) is 0.428. The molecule has 6 nitrogen and oxygen atoms in total. The van der Waals surface area contributed by atoms with Crippen LogP contribution in [0, 0.1) is 5.92 Å². The maximum atomic E-state index is 13.3. The van der Waals surface area contributed by atoms with E-state index in [-0.39, 0.29) is 23.5 Å². The molecule has 2 aliphatic rings. The number of nitrogens with zero attached hydrogens (tertiary/aromatic N) is 4. The van der Waals surface area contributed by atoms with E-state index in [1.54, 1.807) is 11.0 Å². The van der Waals surface area contributed by atoms with Crippen LogP contribution in [-0.2, 0) is 10.9 Å². The average Bonchev–Trinajstić information content (AvgIpc) is 3.28. The van der Waals surface area contributed by atoms with Crippen molar-refractivity contribution in [2.45, 2.75) is 25.1 Å². The van der Waals surface area contributed by atoms with E-state index >= 15 is 0 Å². The molecule has 2 fully saturated rings. The molecule has 2 aromatic heterocycles. The minimum Gasteiger partial charge on any atom is -0.377 e. The first kappa shape index (κ1) is 20.2. The minimum atomic E-state index is -4.48. The number of halogens is 3. The first-order chi connectivity index (χ1) is 14.9. The summed E-state index contributed by atoms with van der Waals surface area (Å²) < 4.78 is 46.6. The van der Waals surface area contributed by atoms with Gasteiger partial charge in [0.1, 0.15) is 0 Å². The second-order valence-electron chi connectivity index (χ2n) is 7.67. The molecule has 0 N–H and O–H groups in total. The number of aromatic nitrogens is 3. The number of hydrogen-bond donors (Lipinski definition) is 0. The van der Waals surface area contributed by atoms with Crippen LogP contribution >= 0.6 is 11.3 Å². The van der Waals surface area contributed by atoms with Gasteiger partial charge >= 0.3 is 6.18 Å². The Morgan fingerprint density at radius 2 is 2.03 bits per heavy atom. The third-order valence-electron chi connectivity index (χ3n) is 5.55. The summed E-state index contributed by atoms with van der Waals surface area (Å²) in [5, 5.41) is 6.20. The van der Waals surface area contributed by atoms with Crippen LogP contribution in [-0.4, -0.2) is 51.4 Å². The lowest BCUT2D eigenvalue weighted by Crippen LogP contribution is -2.50. The van der Waals surface area contributed by atoms with Crippen molar-refractivity contribution in [2.24, 2.45) is 5.92 Å². The Balaban J connectivity index is 1.55. The third kappa shape index (κ3) is 3.97. The zero-order valence-electron chi connectivity index (χ0n) is 16.4. The lowest BCUT2D eigenvalue weighted by Gasteiger charge is -2.35. The Kier molecular flexibility index (Phi) is 5.05. The predicted octanol–water partition coefficient (Wildman–Crippen LogP) is 4.27. The van der Waals surface area contributed by atoms with E-state index in [0.717, 1.165) is 25.0 Å². The molecule has 1 saturated heterocycles. The molecule has 1 amide bonds. The minimum absolute atomic E-state index is 0.00746. The number of hydrogen-bond acceptors (Lipinski definition) is 5. The van der Waals surface area contributed by atoms with Gasteiger partial charge in [-0.25, -0.2) is 9.67 Å². The number of carbonyl (C=O) groups excluding carboxylic acids is 1. The number of benzene rings is 1. The number of morpholine rings is 1. The van der Waals surface area contributed by atoms with Gasteiger partial charge in [-0.3, -0.25) is 4.79 Å². The summed E-state index contributed by atoms with van der Waals surface area (Å²) in [6.07, 6.45) is -2.36. The SMILES string of the molecule is O=C(c1nc(-c2cccs2)n(-c2cccc(C(F)(F)F)c2)n1)N1CCOCC1C1CC1. The average molecular weight is 448 g/mol. The van der Waals surface area contributed by atoms with Crippen molar-refractivity contribution in [2.75, 3.05) is 19.8 Å². The Labute approximate surface area is 180 Å². The summed E-state index contributed by atoms with van der Waals surface area (Å²) in [4.78, 5) is 20.2. The van der Waals surface area contributed by atoms with Crippen LogP contribution in [0.1, 0.15) is 29.0 Å². The lowest BCUT2D eigenvalue weighted by molar-refractivity contribution is -0.137. The molecule has 1 aliphatic carbocycles. The van der Waals surface area contributed by atoms with Gasteiger partial charge in [-0.05, 0) is 48.4 Å². The van der Waals surface area contributed by atoms with Gasteiger partial charge in [0.15, 0.2) is 5.82 Å². The van der Waals surface area contributed by atoms with Crippen molar-refractivity contribution in [3.8, 4) is 16.4 Å². The lowest BCUT2D eigenvalue weighted by atomic mass is 10.1. The number of alkyl halides is 3. The van der Waals surface area contributed by atoms with Gasteiger partial charge in [0.05, 0.1) is 35.4 Å². The predicted molar refractivity (Wildman–Crippen MR) is 108 cm³/mol. The highest BCUT2D eigenvalue weighted by atomic mass is 32.1. The zero-order valence-corrected chi connectivity index (χ0v) is 17.2. The molecule has 1 aromatic carbocycles. The molecule has 3 aromatic rings. The number of rotatable bonds is 4. The number of carbonyl (C=O) groups is 1. The second kappa shape index (κ2) is 7.76. The quantitative estimate of drug-likeness (QED) is 0.598. The zero-order chi connectivity index (χ0) is 21.6. The fourth-order valence-electron chi connectivity index (χ4n) is 3.84. The highest BCUT2D eigenvalue weighted by Gasteiger charge is 2.40. The van der Waals surface area contributed by atoms with E-state index in [1.807, 2.05) is 11.4 Å². The maximum absolute atomic E-state index is 13.3. The van der Waals surface area contributed by atoms with Crippen LogP contribution in [0.4, 0.5) is 13.2 Å². The Morgan fingerprint density at radius 3 is 2.74 bits per heavy atom. The van der Waals surface area contributed by atoms with Gasteiger partial charge in [0, 0.05) is 6.54 Å². The van der Waals surface area contributed by atoms with Gasteiger partial charge in [-0.1, -0.05) is 12.1 Å². The van der Waals surface area contributed by atoms with Crippen LogP contribution in [0.2, 0.25) is 0 Å². The van der Waals surface area contributed by atoms with Crippen LogP contribution < -0.4 is 0 Å². The Hall–Kier alpha value is -2.72. The topological polar surface area (TPSA) is 60.2 Å². The largest absolute Gasteiger partial charge is 0.416 e. The highest BCUT2D eigenvalue weighted by Crippen LogP contribution is 2.37. The number of ether oxygens (including phenoxy) is 1. The smallest absolute Gasteiger partial charge is 0.377 e. The van der Waals surface area contributed by atoms with Crippen molar-refractivity contribution in [1.29, 1.82) is 0 Å². The van der Waals surface area contributed by atoms with E-state index in [1.165, 1.54) is 28.2 Å². The Morgan fingerprint density at radius 1 is 1.19 bits per heavy atom. The van der Waals surface area contributed by atoms with Crippen molar-refractivity contribution < 1.29 is 22.7 Å². The molecule has 1 unspecified atom stereocenters. The molecule has 5 rings (SSSR count). The summed E-state index contributed by atoms with van der Waals surface area (Å²) in [7, 11) is 0. The molecule has 10 heteroatoms. The molecular weight excluding hydrogens is 429 g/mol. The van der Waals surface area contributed by atoms with Gasteiger partial charge in [-0.15, -0.1) is 16.4 Å². The molecule has 3 heterocycles. The Bertz CT molecular complexity index is 1090. The molecule has 1 saturated carbocycles. The molecule has 162 valence electrons. The monoisotopic (exact) mass is 448 g/mol. The fraction of sp³-hybridized carbons (Fsp3) is 0.381. The van der Waals surface area contributed by atoms with E-state index in [0.29, 0.717) is 36.4 Å². The maximum Gasteiger partial charge on any atom is 0.416 e. The van der Waals surface area contributed by atoms with Gasteiger partial charge < -0.3 is 9.64 Å². The van der Waals surface area contributed by atoms with Crippen molar-refractivity contribution in [3.05, 3.63) is 53.2 Å². The van der Waals surface area contributed by atoms with Gasteiger partial charge in [-0.2, -0.15) is 13.2 Å². The van der Waals surface area contributed by atoms with Crippen LogP contribution in [0.15, 0.2) is 41.8 Å². The summed E-state index contributed by atoms with van der Waals surface area (Å²) in [6.45, 7) is 1.38. The molecule has 1 atom stereocenters. The molecule has 31 heavy (non-hydrogen) atoms. The number of amides is 1. The molecule has 1 aliphatic heterocycles. The second-order valence-corrected chi connectivity index (χ2v) is 8.62. The van der Waals surface area contributed by atoms with Crippen LogP contribution in [0.25, 0.3) is 16.4 Å². The fourth-order valence-corrected chi connectivity index (χ4v) is 4.54. The third-order valence-corrected chi connectivity index (χ3v) is 6.42. The highest BCUT2D eigenvalue weighted by molar-refractivity contribution is 7.13.